The Labute approximate surface area is 94.4 Å². The van der Waals surface area contributed by atoms with E-state index in [0.29, 0.717) is 18.0 Å². The molecule has 0 aliphatic heterocycles. The van der Waals surface area contributed by atoms with E-state index in [1.807, 2.05) is 0 Å². The molecule has 0 saturated heterocycles. The van der Waals surface area contributed by atoms with E-state index in [9.17, 15) is 0 Å². The lowest BCUT2D eigenvalue weighted by atomic mass is 9.84. The molecule has 0 aromatic rings. The summed E-state index contributed by atoms with van der Waals surface area (Å²) < 4.78 is 0. The van der Waals surface area contributed by atoms with Gasteiger partial charge < -0.3 is 16.0 Å². The first-order chi connectivity index (χ1) is 7.15. The van der Waals surface area contributed by atoms with Crippen molar-refractivity contribution in [1.82, 2.24) is 10.2 Å². The van der Waals surface area contributed by atoms with Crippen LogP contribution in [0.2, 0.25) is 0 Å². The van der Waals surface area contributed by atoms with Gasteiger partial charge in [0.1, 0.15) is 0 Å². The van der Waals surface area contributed by atoms with Crippen molar-refractivity contribution in [2.45, 2.75) is 44.7 Å². The molecule has 0 spiro atoms. The lowest BCUT2D eigenvalue weighted by Crippen LogP contribution is -2.46. The van der Waals surface area contributed by atoms with Gasteiger partial charge in [0.2, 0.25) is 0 Å². The maximum Gasteiger partial charge on any atom is 0.0186 e. The molecule has 15 heavy (non-hydrogen) atoms. The van der Waals surface area contributed by atoms with Crippen molar-refractivity contribution < 1.29 is 0 Å². The summed E-state index contributed by atoms with van der Waals surface area (Å²) in [6.07, 6.45) is 5.35. The van der Waals surface area contributed by atoms with Gasteiger partial charge in [-0.1, -0.05) is 12.8 Å². The molecule has 0 aromatic heterocycles. The highest BCUT2D eigenvalue weighted by molar-refractivity contribution is 4.82. The molecule has 3 atom stereocenters. The van der Waals surface area contributed by atoms with Crippen LogP contribution in [0, 0.1) is 5.92 Å². The Morgan fingerprint density at radius 1 is 1.33 bits per heavy atom. The van der Waals surface area contributed by atoms with E-state index in [-0.39, 0.29) is 0 Å². The molecule has 0 aromatic carbocycles. The molecule has 0 radical (unpaired) electrons. The molecule has 3 N–H and O–H groups in total. The fourth-order valence-electron chi connectivity index (χ4n) is 2.26. The van der Waals surface area contributed by atoms with Gasteiger partial charge in [0.25, 0.3) is 0 Å². The van der Waals surface area contributed by atoms with Gasteiger partial charge in [0, 0.05) is 18.6 Å². The second-order valence-electron chi connectivity index (χ2n) is 5.11. The highest BCUT2D eigenvalue weighted by atomic mass is 15.1. The molecule has 90 valence electrons. The van der Waals surface area contributed by atoms with Gasteiger partial charge >= 0.3 is 0 Å². The van der Waals surface area contributed by atoms with Crippen LogP contribution in [-0.4, -0.2) is 44.2 Å². The molecule has 1 aliphatic carbocycles. The van der Waals surface area contributed by atoms with E-state index in [4.69, 9.17) is 5.73 Å². The lowest BCUT2D eigenvalue weighted by Gasteiger charge is -2.33. The van der Waals surface area contributed by atoms with Crippen molar-refractivity contribution in [3.05, 3.63) is 0 Å². The second kappa shape index (κ2) is 6.46. The van der Waals surface area contributed by atoms with Crippen molar-refractivity contribution in [3.63, 3.8) is 0 Å². The fourth-order valence-corrected chi connectivity index (χ4v) is 2.26. The Hall–Kier alpha value is -0.120. The van der Waals surface area contributed by atoms with Crippen LogP contribution in [-0.2, 0) is 0 Å². The zero-order valence-corrected chi connectivity index (χ0v) is 10.5. The molecule has 3 nitrogen and oxygen atoms in total. The Morgan fingerprint density at radius 2 is 2.00 bits per heavy atom. The molecule has 1 rings (SSSR count). The highest BCUT2D eigenvalue weighted by Crippen LogP contribution is 2.23. The average molecular weight is 213 g/mol. The highest BCUT2D eigenvalue weighted by Gasteiger charge is 2.23. The average Bonchev–Trinajstić information content (AvgIpc) is 2.26. The van der Waals surface area contributed by atoms with E-state index in [0.717, 1.165) is 13.1 Å². The van der Waals surface area contributed by atoms with Crippen LogP contribution in [0.15, 0.2) is 0 Å². The number of rotatable bonds is 5. The first-order valence-corrected chi connectivity index (χ1v) is 6.25. The van der Waals surface area contributed by atoms with Crippen molar-refractivity contribution in [1.29, 1.82) is 0 Å². The molecular weight excluding hydrogens is 186 g/mol. The SMILES string of the molecule is CC(CNC1CCCCC1CN)N(C)C. The lowest BCUT2D eigenvalue weighted by molar-refractivity contribution is 0.235. The smallest absolute Gasteiger partial charge is 0.0186 e. The summed E-state index contributed by atoms with van der Waals surface area (Å²) in [4.78, 5) is 2.26. The summed E-state index contributed by atoms with van der Waals surface area (Å²) in [7, 11) is 4.27. The third-order valence-electron chi connectivity index (χ3n) is 3.77. The number of nitrogens with one attached hydrogen (secondary N) is 1. The third-order valence-corrected chi connectivity index (χ3v) is 3.77. The number of nitrogens with zero attached hydrogens (tertiary/aromatic N) is 1. The van der Waals surface area contributed by atoms with E-state index in [1.54, 1.807) is 0 Å². The molecule has 1 fully saturated rings. The number of hydrogen-bond acceptors (Lipinski definition) is 3. The predicted octanol–water partition coefficient (Wildman–Crippen LogP) is 1.04. The minimum atomic E-state index is 0.602. The Balaban J connectivity index is 2.29. The van der Waals surface area contributed by atoms with Gasteiger partial charge in [-0.15, -0.1) is 0 Å². The number of likely N-dealkylation sites (N-methyl/N-ethyl adjacent to an activating group) is 1. The largest absolute Gasteiger partial charge is 0.330 e. The van der Waals surface area contributed by atoms with Gasteiger partial charge in [-0.3, -0.25) is 0 Å². The zero-order chi connectivity index (χ0) is 11.3. The Morgan fingerprint density at radius 3 is 2.60 bits per heavy atom. The predicted molar refractivity (Wildman–Crippen MR) is 66.0 cm³/mol. The van der Waals surface area contributed by atoms with Gasteiger partial charge in [0.05, 0.1) is 0 Å². The molecule has 3 unspecified atom stereocenters. The van der Waals surface area contributed by atoms with Crippen LogP contribution in [0.25, 0.3) is 0 Å². The first kappa shape index (κ1) is 12.9. The summed E-state index contributed by atoms with van der Waals surface area (Å²) >= 11 is 0. The summed E-state index contributed by atoms with van der Waals surface area (Å²) in [5.41, 5.74) is 5.81. The van der Waals surface area contributed by atoms with E-state index >= 15 is 0 Å². The van der Waals surface area contributed by atoms with Crippen LogP contribution in [0.3, 0.4) is 0 Å². The van der Waals surface area contributed by atoms with Crippen molar-refractivity contribution in [3.8, 4) is 0 Å². The molecule has 1 aliphatic rings. The van der Waals surface area contributed by atoms with Crippen molar-refractivity contribution in [2.24, 2.45) is 11.7 Å². The summed E-state index contributed by atoms with van der Waals surface area (Å²) in [6.45, 7) is 4.18. The Kier molecular flexibility index (Phi) is 5.58. The zero-order valence-electron chi connectivity index (χ0n) is 10.5. The number of hydrogen-bond donors (Lipinski definition) is 2. The standard InChI is InChI=1S/C12H27N3/c1-10(15(2)3)9-14-12-7-5-4-6-11(12)8-13/h10-12,14H,4-9,13H2,1-3H3. The van der Waals surface area contributed by atoms with Crippen LogP contribution in [0.5, 0.6) is 0 Å². The van der Waals surface area contributed by atoms with Crippen LogP contribution in [0.1, 0.15) is 32.6 Å². The summed E-state index contributed by atoms with van der Waals surface area (Å²) in [6, 6.07) is 1.26. The summed E-state index contributed by atoms with van der Waals surface area (Å²) in [5.74, 6) is 0.702. The van der Waals surface area contributed by atoms with Gasteiger partial charge in [0.15, 0.2) is 0 Å². The van der Waals surface area contributed by atoms with Gasteiger partial charge in [-0.05, 0) is 46.3 Å². The Bertz CT molecular complexity index is 170. The molecule has 0 amide bonds. The van der Waals surface area contributed by atoms with Gasteiger partial charge in [-0.25, -0.2) is 0 Å². The van der Waals surface area contributed by atoms with E-state index in [1.165, 1.54) is 25.7 Å². The maximum atomic E-state index is 5.81. The monoisotopic (exact) mass is 213 g/mol. The quantitative estimate of drug-likeness (QED) is 0.717. The summed E-state index contributed by atoms with van der Waals surface area (Å²) in [5, 5.41) is 3.68. The van der Waals surface area contributed by atoms with E-state index in [2.05, 4.69) is 31.2 Å². The van der Waals surface area contributed by atoms with Crippen molar-refractivity contribution >= 4 is 0 Å². The minimum absolute atomic E-state index is 0.602. The normalized spacial score (nSPS) is 29.4. The fraction of sp³-hybridized carbons (Fsp3) is 1.00. The second-order valence-corrected chi connectivity index (χ2v) is 5.11. The van der Waals surface area contributed by atoms with Crippen LogP contribution < -0.4 is 11.1 Å². The van der Waals surface area contributed by atoms with Gasteiger partial charge in [-0.2, -0.15) is 0 Å². The van der Waals surface area contributed by atoms with E-state index < -0.39 is 0 Å². The molecule has 0 heterocycles. The molecular formula is C12H27N3. The topological polar surface area (TPSA) is 41.3 Å². The number of nitrogens with two attached hydrogens (primary N) is 1. The molecule has 3 heteroatoms. The van der Waals surface area contributed by atoms with Crippen LogP contribution in [0.4, 0.5) is 0 Å². The molecule has 0 bridgehead atoms. The van der Waals surface area contributed by atoms with Crippen molar-refractivity contribution in [2.75, 3.05) is 27.2 Å². The minimum Gasteiger partial charge on any atom is -0.330 e. The molecule has 1 saturated carbocycles. The maximum absolute atomic E-state index is 5.81. The van der Waals surface area contributed by atoms with Crippen LogP contribution >= 0.6 is 0 Å². The first-order valence-electron chi connectivity index (χ1n) is 6.25. The third kappa shape index (κ3) is 4.09.